The van der Waals surface area contributed by atoms with E-state index in [0.717, 1.165) is 5.56 Å². The predicted octanol–water partition coefficient (Wildman–Crippen LogP) is 3.05. The lowest BCUT2D eigenvalue weighted by molar-refractivity contribution is -0.121. The van der Waals surface area contributed by atoms with Crippen molar-refractivity contribution in [3.05, 3.63) is 59.2 Å². The Labute approximate surface area is 147 Å². The summed E-state index contributed by atoms with van der Waals surface area (Å²) < 4.78 is 10.9. The third-order valence-corrected chi connectivity index (χ3v) is 4.05. The number of fused-ring (bicyclic) bond motifs is 1. The number of ether oxygens (including phenoxy) is 2. The molecular formula is C20H21NO4. The highest BCUT2D eigenvalue weighted by molar-refractivity contribution is 5.98. The van der Waals surface area contributed by atoms with Gasteiger partial charge in [-0.1, -0.05) is 29.8 Å². The van der Waals surface area contributed by atoms with Crippen molar-refractivity contribution in [3.63, 3.8) is 0 Å². The molecule has 3 rings (SSSR count). The maximum Gasteiger partial charge on any atom is 0.220 e. The minimum Gasteiger partial charge on any atom is -0.486 e. The van der Waals surface area contributed by atoms with Crippen LogP contribution in [-0.2, 0) is 11.3 Å². The molecule has 0 bridgehead atoms. The number of carbonyl (C=O) groups is 2. The second kappa shape index (κ2) is 7.83. The van der Waals surface area contributed by atoms with Gasteiger partial charge in [-0.25, -0.2) is 0 Å². The molecule has 1 amide bonds. The summed E-state index contributed by atoms with van der Waals surface area (Å²) in [4.78, 5) is 24.2. The fourth-order valence-electron chi connectivity index (χ4n) is 2.58. The molecule has 0 aromatic heterocycles. The number of rotatable bonds is 6. The number of carbonyl (C=O) groups excluding carboxylic acids is 2. The zero-order valence-corrected chi connectivity index (χ0v) is 14.2. The number of nitrogens with one attached hydrogen (secondary N) is 1. The number of ketones is 1. The van der Waals surface area contributed by atoms with E-state index in [1.165, 1.54) is 5.56 Å². The van der Waals surface area contributed by atoms with Crippen molar-refractivity contribution in [3.8, 4) is 11.5 Å². The molecule has 2 aromatic carbocycles. The molecule has 0 atom stereocenters. The van der Waals surface area contributed by atoms with Gasteiger partial charge in [0.15, 0.2) is 17.3 Å². The predicted molar refractivity (Wildman–Crippen MR) is 94.0 cm³/mol. The summed E-state index contributed by atoms with van der Waals surface area (Å²) >= 11 is 0. The van der Waals surface area contributed by atoms with E-state index in [1.54, 1.807) is 18.2 Å². The molecule has 0 fully saturated rings. The van der Waals surface area contributed by atoms with Crippen LogP contribution >= 0.6 is 0 Å². The Morgan fingerprint density at radius 2 is 1.68 bits per heavy atom. The molecule has 130 valence electrons. The molecule has 1 aliphatic heterocycles. The van der Waals surface area contributed by atoms with Crippen LogP contribution in [0.3, 0.4) is 0 Å². The molecule has 0 saturated heterocycles. The summed E-state index contributed by atoms with van der Waals surface area (Å²) in [5.41, 5.74) is 2.76. The number of hydrogen-bond acceptors (Lipinski definition) is 4. The van der Waals surface area contributed by atoms with Gasteiger partial charge in [0.25, 0.3) is 0 Å². The summed E-state index contributed by atoms with van der Waals surface area (Å²) in [5.74, 6) is 1.02. The molecule has 2 aromatic rings. The van der Waals surface area contributed by atoms with Gasteiger partial charge in [0.2, 0.25) is 5.91 Å². The van der Waals surface area contributed by atoms with E-state index in [9.17, 15) is 9.59 Å². The minimum atomic E-state index is -0.133. The Hall–Kier alpha value is -2.82. The third kappa shape index (κ3) is 4.59. The smallest absolute Gasteiger partial charge is 0.220 e. The zero-order valence-electron chi connectivity index (χ0n) is 14.2. The largest absolute Gasteiger partial charge is 0.486 e. The van der Waals surface area contributed by atoms with Crippen LogP contribution in [-0.4, -0.2) is 24.9 Å². The van der Waals surface area contributed by atoms with Crippen LogP contribution in [0.25, 0.3) is 0 Å². The van der Waals surface area contributed by atoms with Crippen LogP contribution in [0.4, 0.5) is 0 Å². The summed E-state index contributed by atoms with van der Waals surface area (Å²) in [7, 11) is 0. The van der Waals surface area contributed by atoms with Gasteiger partial charge in [0.05, 0.1) is 0 Å². The lowest BCUT2D eigenvalue weighted by Gasteiger charge is -2.18. The summed E-state index contributed by atoms with van der Waals surface area (Å²) in [6, 6.07) is 13.1. The molecule has 1 N–H and O–H groups in total. The van der Waals surface area contributed by atoms with Gasteiger partial charge in [0.1, 0.15) is 13.2 Å². The Morgan fingerprint density at radius 3 is 2.44 bits per heavy atom. The topological polar surface area (TPSA) is 64.6 Å². The zero-order chi connectivity index (χ0) is 17.6. The van der Waals surface area contributed by atoms with E-state index in [4.69, 9.17) is 9.47 Å². The minimum absolute atomic E-state index is 0.0811. The second-order valence-electron chi connectivity index (χ2n) is 6.04. The number of hydrogen-bond donors (Lipinski definition) is 1. The van der Waals surface area contributed by atoms with Crippen molar-refractivity contribution in [1.82, 2.24) is 5.32 Å². The molecule has 1 aliphatic rings. The second-order valence-corrected chi connectivity index (χ2v) is 6.04. The first-order valence-corrected chi connectivity index (χ1v) is 8.37. The normalized spacial score (nSPS) is 12.5. The van der Waals surface area contributed by atoms with Crippen molar-refractivity contribution < 1.29 is 19.1 Å². The van der Waals surface area contributed by atoms with E-state index in [0.29, 0.717) is 36.8 Å². The Balaban J connectivity index is 1.48. The first kappa shape index (κ1) is 17.0. The van der Waals surface area contributed by atoms with Crippen molar-refractivity contribution in [2.24, 2.45) is 0 Å². The number of aryl methyl sites for hydroxylation is 1. The SMILES string of the molecule is Cc1ccc(CNC(=O)CCC(=O)c2ccc3c(c2)OCCO3)cc1. The quantitative estimate of drug-likeness (QED) is 0.822. The van der Waals surface area contributed by atoms with Crippen LogP contribution in [0.2, 0.25) is 0 Å². The molecule has 1 heterocycles. The van der Waals surface area contributed by atoms with E-state index < -0.39 is 0 Å². The Morgan fingerprint density at radius 1 is 0.960 bits per heavy atom. The Bertz CT molecular complexity index is 768. The van der Waals surface area contributed by atoms with Gasteiger partial charge in [-0.2, -0.15) is 0 Å². The molecule has 0 spiro atoms. The summed E-state index contributed by atoms with van der Waals surface area (Å²) in [5, 5.41) is 2.84. The molecule has 5 heteroatoms. The number of amides is 1. The average molecular weight is 339 g/mol. The van der Waals surface area contributed by atoms with Gasteiger partial charge in [-0.15, -0.1) is 0 Å². The molecule has 5 nitrogen and oxygen atoms in total. The van der Waals surface area contributed by atoms with Crippen molar-refractivity contribution in [2.45, 2.75) is 26.3 Å². The van der Waals surface area contributed by atoms with Crippen LogP contribution in [0.15, 0.2) is 42.5 Å². The molecular weight excluding hydrogens is 318 g/mol. The van der Waals surface area contributed by atoms with Crippen LogP contribution in [0, 0.1) is 6.92 Å². The number of Topliss-reactive ketones (excluding diaryl/α,β-unsaturated/α-hetero) is 1. The molecule has 0 unspecified atom stereocenters. The average Bonchev–Trinajstić information content (AvgIpc) is 2.65. The Kier molecular flexibility index (Phi) is 5.33. The van der Waals surface area contributed by atoms with E-state index in [2.05, 4.69) is 5.32 Å². The fraction of sp³-hybridized carbons (Fsp3) is 0.300. The van der Waals surface area contributed by atoms with Gasteiger partial charge >= 0.3 is 0 Å². The van der Waals surface area contributed by atoms with Gasteiger partial charge in [0, 0.05) is 24.9 Å². The van der Waals surface area contributed by atoms with Crippen molar-refractivity contribution in [1.29, 1.82) is 0 Å². The first-order valence-electron chi connectivity index (χ1n) is 8.37. The summed E-state index contributed by atoms with van der Waals surface area (Å²) in [6.07, 6.45) is 0.332. The van der Waals surface area contributed by atoms with Crippen LogP contribution in [0.1, 0.15) is 34.3 Å². The first-order chi connectivity index (χ1) is 12.1. The molecule has 0 radical (unpaired) electrons. The highest BCUT2D eigenvalue weighted by Crippen LogP contribution is 2.31. The highest BCUT2D eigenvalue weighted by atomic mass is 16.6. The third-order valence-electron chi connectivity index (χ3n) is 4.05. The van der Waals surface area contributed by atoms with Crippen LogP contribution < -0.4 is 14.8 Å². The van der Waals surface area contributed by atoms with Crippen molar-refractivity contribution >= 4 is 11.7 Å². The van der Waals surface area contributed by atoms with Crippen LogP contribution in [0.5, 0.6) is 11.5 Å². The van der Waals surface area contributed by atoms with Gasteiger partial charge in [-0.05, 0) is 30.7 Å². The lowest BCUT2D eigenvalue weighted by atomic mass is 10.1. The van der Waals surface area contributed by atoms with Crippen molar-refractivity contribution in [2.75, 3.05) is 13.2 Å². The number of benzene rings is 2. The summed E-state index contributed by atoms with van der Waals surface area (Å²) in [6.45, 7) is 3.48. The standard InChI is InChI=1S/C20H21NO4/c1-14-2-4-15(5-3-14)13-21-20(23)9-7-17(22)16-6-8-18-19(12-16)25-11-10-24-18/h2-6,8,12H,7,9-11,13H2,1H3,(H,21,23). The van der Waals surface area contributed by atoms with E-state index in [-0.39, 0.29) is 24.5 Å². The molecule has 0 saturated carbocycles. The van der Waals surface area contributed by atoms with E-state index >= 15 is 0 Å². The van der Waals surface area contributed by atoms with Gasteiger partial charge in [-0.3, -0.25) is 9.59 Å². The fourth-order valence-corrected chi connectivity index (χ4v) is 2.58. The van der Waals surface area contributed by atoms with E-state index in [1.807, 2.05) is 31.2 Å². The monoisotopic (exact) mass is 339 g/mol. The maximum atomic E-state index is 12.3. The molecule has 25 heavy (non-hydrogen) atoms. The maximum absolute atomic E-state index is 12.3. The van der Waals surface area contributed by atoms with Gasteiger partial charge < -0.3 is 14.8 Å². The highest BCUT2D eigenvalue weighted by Gasteiger charge is 2.15. The molecule has 0 aliphatic carbocycles. The lowest BCUT2D eigenvalue weighted by Crippen LogP contribution is -2.23.